The Balaban J connectivity index is 2.66. The molecule has 0 radical (unpaired) electrons. The summed E-state index contributed by atoms with van der Waals surface area (Å²) in [4.78, 5) is 34.0. The topological polar surface area (TPSA) is 95.5 Å². The van der Waals surface area contributed by atoms with Crippen molar-refractivity contribution in [2.75, 3.05) is 5.32 Å². The van der Waals surface area contributed by atoms with Gasteiger partial charge < -0.3 is 15.7 Å². The van der Waals surface area contributed by atoms with Crippen molar-refractivity contribution in [3.63, 3.8) is 0 Å². The first kappa shape index (κ1) is 14.7. The zero-order valence-corrected chi connectivity index (χ0v) is 11.0. The molecule has 0 atom stereocenters. The zero-order valence-electron chi connectivity index (χ0n) is 11.0. The van der Waals surface area contributed by atoms with Gasteiger partial charge in [-0.05, 0) is 32.9 Å². The van der Waals surface area contributed by atoms with Crippen LogP contribution < -0.4 is 10.6 Å². The summed E-state index contributed by atoms with van der Waals surface area (Å²) in [7, 11) is 0. The highest BCUT2D eigenvalue weighted by atomic mass is 16.4. The van der Waals surface area contributed by atoms with Crippen LogP contribution in [0, 0.1) is 6.92 Å². The maximum absolute atomic E-state index is 11.6. The number of carbonyl (C=O) groups is 3. The van der Waals surface area contributed by atoms with Crippen LogP contribution in [0.5, 0.6) is 0 Å². The average Bonchev–Trinajstić information content (AvgIpc) is 2.31. The van der Waals surface area contributed by atoms with Gasteiger partial charge in [-0.25, -0.2) is 4.79 Å². The Morgan fingerprint density at radius 3 is 2.05 bits per heavy atom. The summed E-state index contributed by atoms with van der Waals surface area (Å²) >= 11 is 0. The molecule has 0 spiro atoms. The van der Waals surface area contributed by atoms with E-state index in [0.29, 0.717) is 5.69 Å². The molecule has 6 nitrogen and oxygen atoms in total. The summed E-state index contributed by atoms with van der Waals surface area (Å²) < 4.78 is 0. The number of hydrogen-bond donors (Lipinski definition) is 3. The summed E-state index contributed by atoms with van der Waals surface area (Å²) in [5.41, 5.74) is -0.00448. The van der Waals surface area contributed by atoms with Gasteiger partial charge in [0, 0.05) is 5.69 Å². The molecule has 6 heteroatoms. The van der Waals surface area contributed by atoms with Gasteiger partial charge in [0.2, 0.25) is 0 Å². The molecule has 0 bridgehead atoms. The van der Waals surface area contributed by atoms with E-state index < -0.39 is 23.3 Å². The molecule has 1 aromatic carbocycles. The van der Waals surface area contributed by atoms with E-state index in [-0.39, 0.29) is 0 Å². The predicted molar refractivity (Wildman–Crippen MR) is 69.7 cm³/mol. The average molecular weight is 264 g/mol. The second kappa shape index (κ2) is 5.51. The number of carboxylic acids is 1. The molecule has 0 saturated carbocycles. The lowest BCUT2D eigenvalue weighted by Gasteiger charge is -2.20. The van der Waals surface area contributed by atoms with Crippen LogP contribution in [0.3, 0.4) is 0 Å². The van der Waals surface area contributed by atoms with Gasteiger partial charge in [-0.3, -0.25) is 9.59 Å². The summed E-state index contributed by atoms with van der Waals surface area (Å²) in [6.07, 6.45) is 0. The van der Waals surface area contributed by atoms with E-state index in [9.17, 15) is 14.4 Å². The Bertz CT molecular complexity index is 506. The maximum atomic E-state index is 11.6. The normalized spacial score (nSPS) is 10.7. The van der Waals surface area contributed by atoms with Crippen molar-refractivity contribution in [1.82, 2.24) is 5.32 Å². The molecule has 0 aromatic heterocycles. The number of amides is 2. The Morgan fingerprint density at radius 1 is 1.05 bits per heavy atom. The quantitative estimate of drug-likeness (QED) is 0.707. The van der Waals surface area contributed by atoms with Crippen LogP contribution >= 0.6 is 0 Å². The number of aliphatic carboxylic acids is 1. The van der Waals surface area contributed by atoms with Gasteiger partial charge in [0.25, 0.3) is 0 Å². The largest absolute Gasteiger partial charge is 0.480 e. The first-order valence-corrected chi connectivity index (χ1v) is 5.66. The van der Waals surface area contributed by atoms with Crippen molar-refractivity contribution >= 4 is 23.5 Å². The van der Waals surface area contributed by atoms with E-state index in [1.807, 2.05) is 6.92 Å². The lowest BCUT2D eigenvalue weighted by molar-refractivity contribution is -0.147. The molecule has 0 aliphatic rings. The molecule has 0 unspecified atom stereocenters. The van der Waals surface area contributed by atoms with Gasteiger partial charge >= 0.3 is 17.8 Å². The molecule has 1 rings (SSSR count). The van der Waals surface area contributed by atoms with Crippen LogP contribution in [0.1, 0.15) is 19.4 Å². The smallest absolute Gasteiger partial charge is 0.328 e. The van der Waals surface area contributed by atoms with Gasteiger partial charge in [-0.1, -0.05) is 17.7 Å². The van der Waals surface area contributed by atoms with Crippen LogP contribution in [0.25, 0.3) is 0 Å². The first-order valence-electron chi connectivity index (χ1n) is 5.66. The highest BCUT2D eigenvalue weighted by Gasteiger charge is 2.31. The van der Waals surface area contributed by atoms with Crippen molar-refractivity contribution < 1.29 is 19.5 Å². The van der Waals surface area contributed by atoms with Crippen LogP contribution in [0.4, 0.5) is 5.69 Å². The number of anilines is 1. The number of carbonyl (C=O) groups excluding carboxylic acids is 2. The number of benzene rings is 1. The minimum atomic E-state index is -1.50. The fourth-order valence-electron chi connectivity index (χ4n) is 1.22. The standard InChI is InChI=1S/C13H16N2O4/c1-8-4-6-9(7-5-8)14-10(16)11(17)15-13(2,3)12(18)19/h4-7H,1-3H3,(H,14,16)(H,15,17)(H,18,19). The highest BCUT2D eigenvalue weighted by molar-refractivity contribution is 6.40. The van der Waals surface area contributed by atoms with Gasteiger partial charge in [0.15, 0.2) is 0 Å². The third kappa shape index (κ3) is 4.09. The minimum Gasteiger partial charge on any atom is -0.480 e. The molecular formula is C13H16N2O4. The van der Waals surface area contributed by atoms with Crippen molar-refractivity contribution in [2.45, 2.75) is 26.3 Å². The molecule has 0 heterocycles. The second-order valence-corrected chi connectivity index (χ2v) is 4.70. The molecular weight excluding hydrogens is 248 g/mol. The second-order valence-electron chi connectivity index (χ2n) is 4.70. The molecule has 0 aliphatic heterocycles. The van der Waals surface area contributed by atoms with Crippen molar-refractivity contribution in [3.8, 4) is 0 Å². The molecule has 102 valence electrons. The third-order valence-corrected chi connectivity index (χ3v) is 2.48. The summed E-state index contributed by atoms with van der Waals surface area (Å²) in [5, 5.41) is 13.4. The van der Waals surface area contributed by atoms with Crippen LogP contribution in [-0.2, 0) is 14.4 Å². The SMILES string of the molecule is Cc1ccc(NC(=O)C(=O)NC(C)(C)C(=O)O)cc1. The van der Waals surface area contributed by atoms with E-state index >= 15 is 0 Å². The lowest BCUT2D eigenvalue weighted by atomic mass is 10.1. The maximum Gasteiger partial charge on any atom is 0.328 e. The minimum absolute atomic E-state index is 0.471. The van der Waals surface area contributed by atoms with E-state index in [1.54, 1.807) is 24.3 Å². The Morgan fingerprint density at radius 2 is 1.58 bits per heavy atom. The summed E-state index contributed by atoms with van der Waals surface area (Å²) in [6, 6.07) is 6.88. The summed E-state index contributed by atoms with van der Waals surface area (Å²) in [5.74, 6) is -3.12. The van der Waals surface area contributed by atoms with E-state index in [2.05, 4.69) is 10.6 Å². The van der Waals surface area contributed by atoms with Crippen LogP contribution in [0.15, 0.2) is 24.3 Å². The molecule has 19 heavy (non-hydrogen) atoms. The van der Waals surface area contributed by atoms with E-state index in [0.717, 1.165) is 5.56 Å². The van der Waals surface area contributed by atoms with Crippen molar-refractivity contribution in [3.05, 3.63) is 29.8 Å². The number of rotatable bonds is 3. The molecule has 0 aliphatic carbocycles. The van der Waals surface area contributed by atoms with Crippen LogP contribution in [-0.4, -0.2) is 28.4 Å². The number of hydrogen-bond acceptors (Lipinski definition) is 3. The number of aryl methyl sites for hydroxylation is 1. The Hall–Kier alpha value is -2.37. The first-order chi connectivity index (χ1) is 8.72. The fraction of sp³-hybridized carbons (Fsp3) is 0.308. The van der Waals surface area contributed by atoms with Gasteiger partial charge in [0.1, 0.15) is 5.54 Å². The Kier molecular flexibility index (Phi) is 4.26. The van der Waals surface area contributed by atoms with Gasteiger partial charge in [-0.15, -0.1) is 0 Å². The molecule has 3 N–H and O–H groups in total. The van der Waals surface area contributed by atoms with Crippen molar-refractivity contribution in [2.24, 2.45) is 0 Å². The third-order valence-electron chi connectivity index (χ3n) is 2.48. The summed E-state index contributed by atoms with van der Waals surface area (Å²) in [6.45, 7) is 4.49. The predicted octanol–water partition coefficient (Wildman–Crippen LogP) is 0.913. The highest BCUT2D eigenvalue weighted by Crippen LogP contribution is 2.08. The Labute approximate surface area is 110 Å². The van der Waals surface area contributed by atoms with Crippen LogP contribution in [0.2, 0.25) is 0 Å². The molecule has 0 saturated heterocycles. The number of carboxylic acid groups (broad SMARTS) is 1. The molecule has 0 fully saturated rings. The number of nitrogens with one attached hydrogen (secondary N) is 2. The molecule has 2 amide bonds. The monoisotopic (exact) mass is 264 g/mol. The molecule has 1 aromatic rings. The van der Waals surface area contributed by atoms with Crippen molar-refractivity contribution in [1.29, 1.82) is 0 Å². The van der Waals surface area contributed by atoms with Gasteiger partial charge in [0.05, 0.1) is 0 Å². The van der Waals surface area contributed by atoms with Gasteiger partial charge in [-0.2, -0.15) is 0 Å². The lowest BCUT2D eigenvalue weighted by Crippen LogP contribution is -2.52. The van der Waals surface area contributed by atoms with E-state index in [4.69, 9.17) is 5.11 Å². The zero-order chi connectivity index (χ0) is 14.6. The van der Waals surface area contributed by atoms with E-state index in [1.165, 1.54) is 13.8 Å². The fourth-order valence-corrected chi connectivity index (χ4v) is 1.22.